The molecule has 0 aliphatic rings. The summed E-state index contributed by atoms with van der Waals surface area (Å²) in [5.74, 6) is 0.446. The van der Waals surface area contributed by atoms with Crippen molar-refractivity contribution in [1.29, 1.82) is 0 Å². The third kappa shape index (κ3) is 3.34. The normalized spacial score (nSPS) is 10.4. The molecule has 16 heavy (non-hydrogen) atoms. The van der Waals surface area contributed by atoms with Crippen molar-refractivity contribution in [2.45, 2.75) is 13.3 Å². The number of rotatable bonds is 4. The molecule has 0 aliphatic heterocycles. The monoisotopic (exact) mass is 284 g/mol. The zero-order valence-electron chi connectivity index (χ0n) is 9.16. The molecule has 1 amide bonds. The molecule has 0 atom stereocenters. The van der Waals surface area contributed by atoms with Gasteiger partial charge in [-0.2, -0.15) is 5.10 Å². The van der Waals surface area contributed by atoms with Crippen LogP contribution in [0.1, 0.15) is 23.7 Å². The van der Waals surface area contributed by atoms with Crippen LogP contribution in [0.3, 0.4) is 0 Å². The Morgan fingerprint density at radius 1 is 1.62 bits per heavy atom. The topological polar surface area (TPSA) is 50.7 Å². The molecule has 1 rings (SSSR count). The maximum absolute atomic E-state index is 11.6. The summed E-state index contributed by atoms with van der Waals surface area (Å²) in [6.07, 6.45) is 2.42. The molecule has 1 aromatic carbocycles. The van der Waals surface area contributed by atoms with Crippen molar-refractivity contribution in [2.75, 3.05) is 7.11 Å². The zero-order chi connectivity index (χ0) is 12.0. The van der Waals surface area contributed by atoms with Gasteiger partial charge in [0.1, 0.15) is 5.75 Å². The zero-order valence-corrected chi connectivity index (χ0v) is 10.7. The molecule has 0 saturated heterocycles. The SMILES string of the molecule is CC/C=N/NC(=O)c1ccc(OC)c(Br)c1. The number of ether oxygens (including phenoxy) is 1. The van der Waals surface area contributed by atoms with Crippen LogP contribution in [0.15, 0.2) is 27.8 Å². The van der Waals surface area contributed by atoms with Gasteiger partial charge in [-0.25, -0.2) is 5.43 Å². The molecule has 86 valence electrons. The Bertz CT molecular complexity index is 405. The van der Waals surface area contributed by atoms with Gasteiger partial charge < -0.3 is 4.74 Å². The Kier molecular flexibility index (Phi) is 4.98. The van der Waals surface area contributed by atoms with E-state index in [-0.39, 0.29) is 5.91 Å². The molecule has 0 saturated carbocycles. The van der Waals surface area contributed by atoms with Crippen molar-refractivity contribution in [2.24, 2.45) is 5.10 Å². The lowest BCUT2D eigenvalue weighted by Crippen LogP contribution is -2.17. The average Bonchev–Trinajstić information content (AvgIpc) is 2.29. The van der Waals surface area contributed by atoms with E-state index >= 15 is 0 Å². The number of halogens is 1. The highest BCUT2D eigenvalue weighted by Gasteiger charge is 2.07. The minimum atomic E-state index is -0.243. The molecule has 0 aliphatic carbocycles. The first kappa shape index (κ1) is 12.7. The van der Waals surface area contributed by atoms with E-state index in [1.807, 2.05) is 6.92 Å². The third-order valence-electron chi connectivity index (χ3n) is 1.85. The van der Waals surface area contributed by atoms with Gasteiger partial charge in [0.05, 0.1) is 11.6 Å². The summed E-state index contributed by atoms with van der Waals surface area (Å²) in [6.45, 7) is 1.94. The highest BCUT2D eigenvalue weighted by molar-refractivity contribution is 9.10. The summed E-state index contributed by atoms with van der Waals surface area (Å²) in [5, 5.41) is 3.77. The van der Waals surface area contributed by atoms with Crippen LogP contribution in [0.4, 0.5) is 0 Å². The van der Waals surface area contributed by atoms with E-state index in [4.69, 9.17) is 4.74 Å². The standard InChI is InChI=1S/C11H13BrN2O2/c1-3-6-13-14-11(15)8-4-5-10(16-2)9(12)7-8/h4-7H,3H2,1-2H3,(H,14,15)/b13-6+. The van der Waals surface area contributed by atoms with Gasteiger partial charge in [0.15, 0.2) is 0 Å². The van der Waals surface area contributed by atoms with Gasteiger partial charge >= 0.3 is 0 Å². The Morgan fingerprint density at radius 3 is 2.94 bits per heavy atom. The lowest BCUT2D eigenvalue weighted by molar-refractivity contribution is 0.0955. The molecule has 0 heterocycles. The smallest absolute Gasteiger partial charge is 0.271 e. The molecule has 0 spiro atoms. The van der Waals surface area contributed by atoms with Crippen molar-refractivity contribution in [3.05, 3.63) is 28.2 Å². The first-order valence-electron chi connectivity index (χ1n) is 4.84. The second-order valence-corrected chi connectivity index (χ2v) is 3.86. The van der Waals surface area contributed by atoms with Gasteiger partial charge in [-0.05, 0) is 40.5 Å². The van der Waals surface area contributed by atoms with Gasteiger partial charge in [-0.3, -0.25) is 4.79 Å². The van der Waals surface area contributed by atoms with Crippen LogP contribution in [-0.4, -0.2) is 19.2 Å². The second-order valence-electron chi connectivity index (χ2n) is 3.01. The van der Waals surface area contributed by atoms with Gasteiger partial charge in [-0.1, -0.05) is 6.92 Å². The van der Waals surface area contributed by atoms with E-state index < -0.39 is 0 Å². The van der Waals surface area contributed by atoms with Crippen molar-refractivity contribution >= 4 is 28.1 Å². The molecular weight excluding hydrogens is 272 g/mol. The lowest BCUT2D eigenvalue weighted by atomic mass is 10.2. The number of carbonyl (C=O) groups excluding carboxylic acids is 1. The van der Waals surface area contributed by atoms with Crippen molar-refractivity contribution in [3.63, 3.8) is 0 Å². The van der Waals surface area contributed by atoms with Crippen molar-refractivity contribution in [3.8, 4) is 5.75 Å². The Balaban J connectivity index is 2.77. The van der Waals surface area contributed by atoms with Crippen LogP contribution in [0.5, 0.6) is 5.75 Å². The third-order valence-corrected chi connectivity index (χ3v) is 2.47. The summed E-state index contributed by atoms with van der Waals surface area (Å²) in [4.78, 5) is 11.6. The molecule has 5 heteroatoms. The number of nitrogens with zero attached hydrogens (tertiary/aromatic N) is 1. The number of amides is 1. The van der Waals surface area contributed by atoms with E-state index in [1.165, 1.54) is 0 Å². The predicted molar refractivity (Wildman–Crippen MR) is 66.9 cm³/mol. The van der Waals surface area contributed by atoms with Crippen LogP contribution in [-0.2, 0) is 0 Å². The number of hydrogen-bond acceptors (Lipinski definition) is 3. The molecule has 0 fully saturated rings. The van der Waals surface area contributed by atoms with Gasteiger partial charge in [0, 0.05) is 11.8 Å². The Hall–Kier alpha value is -1.36. The molecular formula is C11H13BrN2O2. The average molecular weight is 285 g/mol. The summed E-state index contributed by atoms with van der Waals surface area (Å²) in [7, 11) is 1.57. The number of benzene rings is 1. The van der Waals surface area contributed by atoms with Gasteiger partial charge in [0.25, 0.3) is 5.91 Å². The molecule has 4 nitrogen and oxygen atoms in total. The maximum Gasteiger partial charge on any atom is 0.271 e. The number of methoxy groups -OCH3 is 1. The molecule has 0 radical (unpaired) electrons. The molecule has 0 aromatic heterocycles. The Morgan fingerprint density at radius 2 is 2.38 bits per heavy atom. The predicted octanol–water partition coefficient (Wildman–Crippen LogP) is 2.58. The summed E-state index contributed by atoms with van der Waals surface area (Å²) in [6, 6.07) is 5.10. The quantitative estimate of drug-likeness (QED) is 0.683. The lowest BCUT2D eigenvalue weighted by Gasteiger charge is -2.05. The minimum absolute atomic E-state index is 0.243. The van der Waals surface area contributed by atoms with Gasteiger partial charge in [-0.15, -0.1) is 0 Å². The van der Waals surface area contributed by atoms with E-state index in [1.54, 1.807) is 31.5 Å². The van der Waals surface area contributed by atoms with Gasteiger partial charge in [0.2, 0.25) is 0 Å². The molecule has 0 unspecified atom stereocenters. The fraction of sp³-hybridized carbons (Fsp3) is 0.273. The van der Waals surface area contributed by atoms with Crippen LogP contribution >= 0.6 is 15.9 Å². The van der Waals surface area contributed by atoms with Crippen molar-refractivity contribution in [1.82, 2.24) is 5.43 Å². The maximum atomic E-state index is 11.6. The van der Waals surface area contributed by atoms with E-state index in [9.17, 15) is 4.79 Å². The number of hydrogen-bond donors (Lipinski definition) is 1. The number of nitrogens with one attached hydrogen (secondary N) is 1. The first-order chi connectivity index (χ1) is 7.69. The number of carbonyl (C=O) groups is 1. The summed E-state index contributed by atoms with van der Waals surface area (Å²) >= 11 is 3.31. The summed E-state index contributed by atoms with van der Waals surface area (Å²) in [5.41, 5.74) is 2.96. The van der Waals surface area contributed by atoms with E-state index in [2.05, 4.69) is 26.5 Å². The fourth-order valence-electron chi connectivity index (χ4n) is 1.07. The highest BCUT2D eigenvalue weighted by atomic mass is 79.9. The van der Waals surface area contributed by atoms with Crippen LogP contribution in [0.2, 0.25) is 0 Å². The van der Waals surface area contributed by atoms with Crippen LogP contribution < -0.4 is 10.2 Å². The second kappa shape index (κ2) is 6.27. The molecule has 1 aromatic rings. The highest BCUT2D eigenvalue weighted by Crippen LogP contribution is 2.25. The number of hydrazone groups is 1. The van der Waals surface area contributed by atoms with Crippen LogP contribution in [0, 0.1) is 0 Å². The molecule has 0 bridgehead atoms. The first-order valence-corrected chi connectivity index (χ1v) is 5.63. The fourth-order valence-corrected chi connectivity index (χ4v) is 1.61. The van der Waals surface area contributed by atoms with E-state index in [0.717, 1.165) is 10.9 Å². The minimum Gasteiger partial charge on any atom is -0.496 e. The summed E-state index contributed by atoms with van der Waals surface area (Å²) < 4.78 is 5.81. The molecule has 1 N–H and O–H groups in total. The van der Waals surface area contributed by atoms with Crippen LogP contribution in [0.25, 0.3) is 0 Å². The Labute approximate surface area is 103 Å². The van der Waals surface area contributed by atoms with Crippen molar-refractivity contribution < 1.29 is 9.53 Å². The van der Waals surface area contributed by atoms with E-state index in [0.29, 0.717) is 11.3 Å². The largest absolute Gasteiger partial charge is 0.496 e.